The van der Waals surface area contributed by atoms with E-state index in [4.69, 9.17) is 14.3 Å². The molecule has 2 rings (SSSR count). The first-order valence-corrected chi connectivity index (χ1v) is 4.92. The maximum absolute atomic E-state index is 11.5. The van der Waals surface area contributed by atoms with Crippen LogP contribution in [0.3, 0.4) is 0 Å². The molecule has 0 saturated heterocycles. The first kappa shape index (κ1) is 11.2. The highest BCUT2D eigenvalue weighted by molar-refractivity contribution is 5.80. The summed E-state index contributed by atoms with van der Waals surface area (Å²) in [5.41, 5.74) is -0.119. The molecule has 0 atom stereocenters. The summed E-state index contributed by atoms with van der Waals surface area (Å²) in [6.45, 7) is 0. The van der Waals surface area contributed by atoms with E-state index in [9.17, 15) is 9.59 Å². The van der Waals surface area contributed by atoms with E-state index in [1.807, 2.05) is 0 Å². The molecule has 0 amide bonds. The van der Waals surface area contributed by atoms with Gasteiger partial charge in [0.25, 0.3) is 0 Å². The Labute approximate surface area is 96.2 Å². The van der Waals surface area contributed by atoms with Crippen LogP contribution in [-0.4, -0.2) is 18.2 Å². The second-order valence-electron chi connectivity index (χ2n) is 3.53. The molecule has 0 aliphatic rings. The predicted octanol–water partition coefficient (Wildman–Crippen LogP) is 1.43. The molecule has 1 aromatic carbocycles. The largest absolute Gasteiger partial charge is 0.497 e. The van der Waals surface area contributed by atoms with E-state index >= 15 is 0 Å². The molecule has 88 valence electrons. The number of ether oxygens (including phenoxy) is 1. The smallest absolute Gasteiger partial charge is 0.340 e. The number of carbonyl (C=O) groups is 1. The molecule has 5 heteroatoms. The van der Waals surface area contributed by atoms with Gasteiger partial charge < -0.3 is 14.3 Å². The van der Waals surface area contributed by atoms with E-state index in [0.717, 1.165) is 0 Å². The topological polar surface area (TPSA) is 76.7 Å². The summed E-state index contributed by atoms with van der Waals surface area (Å²) < 4.78 is 10.0. The van der Waals surface area contributed by atoms with Gasteiger partial charge in [0.05, 0.1) is 13.5 Å². The van der Waals surface area contributed by atoms with Crippen molar-refractivity contribution in [2.45, 2.75) is 6.42 Å². The second kappa shape index (κ2) is 4.29. The number of methoxy groups -OCH3 is 1. The average Bonchev–Trinajstić information content (AvgIpc) is 2.29. The van der Waals surface area contributed by atoms with Crippen LogP contribution < -0.4 is 10.4 Å². The standard InChI is InChI=1S/C12H10O5/c1-16-9-3-2-7-4-8(5-11(13)14)12(15)17-10(7)6-9/h2-4,6H,5H2,1H3,(H,13,14). The fraction of sp³-hybridized carbons (Fsp3) is 0.167. The van der Waals surface area contributed by atoms with Gasteiger partial charge in [0, 0.05) is 17.0 Å². The Morgan fingerprint density at radius 3 is 2.82 bits per heavy atom. The van der Waals surface area contributed by atoms with Crippen molar-refractivity contribution in [2.75, 3.05) is 7.11 Å². The molecule has 0 fully saturated rings. The summed E-state index contributed by atoms with van der Waals surface area (Å²) in [7, 11) is 1.51. The number of fused-ring (bicyclic) bond motifs is 1. The van der Waals surface area contributed by atoms with Crippen LogP contribution in [0.5, 0.6) is 5.75 Å². The number of hydrogen-bond acceptors (Lipinski definition) is 4. The Morgan fingerprint density at radius 1 is 1.41 bits per heavy atom. The van der Waals surface area contributed by atoms with Crippen molar-refractivity contribution in [2.24, 2.45) is 0 Å². The molecule has 17 heavy (non-hydrogen) atoms. The van der Waals surface area contributed by atoms with Crippen LogP contribution in [0.4, 0.5) is 0 Å². The highest BCUT2D eigenvalue weighted by Crippen LogP contribution is 2.20. The molecule has 5 nitrogen and oxygen atoms in total. The van der Waals surface area contributed by atoms with Crippen molar-refractivity contribution in [3.05, 3.63) is 40.2 Å². The number of hydrogen-bond donors (Lipinski definition) is 1. The number of benzene rings is 1. The lowest BCUT2D eigenvalue weighted by atomic mass is 10.1. The summed E-state index contributed by atoms with van der Waals surface area (Å²) >= 11 is 0. The fourth-order valence-electron chi connectivity index (χ4n) is 1.55. The van der Waals surface area contributed by atoms with Crippen LogP contribution >= 0.6 is 0 Å². The van der Waals surface area contributed by atoms with E-state index in [2.05, 4.69) is 0 Å². The molecule has 0 saturated carbocycles. The Hall–Kier alpha value is -2.30. The summed E-state index contributed by atoms with van der Waals surface area (Å²) in [6.07, 6.45) is -0.343. The first-order chi connectivity index (χ1) is 8.10. The molecule has 0 spiro atoms. The fourth-order valence-corrected chi connectivity index (χ4v) is 1.55. The third kappa shape index (κ3) is 2.28. The molecule has 0 bridgehead atoms. The van der Waals surface area contributed by atoms with Crippen molar-refractivity contribution in [1.29, 1.82) is 0 Å². The Balaban J connectivity index is 2.58. The van der Waals surface area contributed by atoms with Gasteiger partial charge in [-0.05, 0) is 18.2 Å². The molecular weight excluding hydrogens is 224 g/mol. The molecule has 1 N–H and O–H groups in total. The highest BCUT2D eigenvalue weighted by Gasteiger charge is 2.09. The molecule has 0 aliphatic carbocycles. The molecule has 0 aliphatic heterocycles. The van der Waals surface area contributed by atoms with Gasteiger partial charge in [-0.1, -0.05) is 0 Å². The van der Waals surface area contributed by atoms with E-state index in [-0.39, 0.29) is 12.0 Å². The Kier molecular flexibility index (Phi) is 2.82. The summed E-state index contributed by atoms with van der Waals surface area (Å²) in [5.74, 6) is -0.489. The zero-order valence-electron chi connectivity index (χ0n) is 9.10. The zero-order valence-corrected chi connectivity index (χ0v) is 9.10. The molecule has 0 radical (unpaired) electrons. The van der Waals surface area contributed by atoms with Crippen LogP contribution in [-0.2, 0) is 11.2 Å². The van der Waals surface area contributed by atoms with Crippen LogP contribution in [0.25, 0.3) is 11.0 Å². The molecule has 0 unspecified atom stereocenters. The number of carboxylic acids is 1. The zero-order chi connectivity index (χ0) is 12.4. The maximum Gasteiger partial charge on any atom is 0.340 e. The predicted molar refractivity (Wildman–Crippen MR) is 60.4 cm³/mol. The van der Waals surface area contributed by atoms with Crippen molar-refractivity contribution < 1.29 is 19.1 Å². The van der Waals surface area contributed by atoms with Crippen molar-refractivity contribution in [3.63, 3.8) is 0 Å². The lowest BCUT2D eigenvalue weighted by molar-refractivity contribution is -0.136. The minimum absolute atomic E-state index is 0.134. The Morgan fingerprint density at radius 2 is 2.18 bits per heavy atom. The lowest BCUT2D eigenvalue weighted by Crippen LogP contribution is -2.12. The third-order valence-corrected chi connectivity index (χ3v) is 2.36. The van der Waals surface area contributed by atoms with E-state index in [1.165, 1.54) is 13.2 Å². The minimum atomic E-state index is -1.06. The van der Waals surface area contributed by atoms with Crippen LogP contribution in [0.1, 0.15) is 5.56 Å². The number of rotatable bonds is 3. The van der Waals surface area contributed by atoms with Gasteiger partial charge >= 0.3 is 11.6 Å². The summed E-state index contributed by atoms with van der Waals surface area (Å²) in [4.78, 5) is 22.1. The van der Waals surface area contributed by atoms with Crippen molar-refractivity contribution in [1.82, 2.24) is 0 Å². The van der Waals surface area contributed by atoms with Crippen LogP contribution in [0, 0.1) is 0 Å². The van der Waals surface area contributed by atoms with Gasteiger partial charge in [-0.15, -0.1) is 0 Å². The Bertz CT molecular complexity index is 626. The van der Waals surface area contributed by atoms with E-state index < -0.39 is 11.6 Å². The number of aliphatic carboxylic acids is 1. The van der Waals surface area contributed by atoms with Gasteiger partial charge in [-0.2, -0.15) is 0 Å². The molecular formula is C12H10O5. The summed E-state index contributed by atoms with van der Waals surface area (Å²) in [6, 6.07) is 6.53. The third-order valence-electron chi connectivity index (χ3n) is 2.36. The van der Waals surface area contributed by atoms with Gasteiger partial charge in [0.15, 0.2) is 0 Å². The quantitative estimate of drug-likeness (QED) is 0.813. The number of carboxylic acid groups (broad SMARTS) is 1. The van der Waals surface area contributed by atoms with E-state index in [0.29, 0.717) is 16.7 Å². The van der Waals surface area contributed by atoms with Gasteiger partial charge in [0.1, 0.15) is 11.3 Å². The van der Waals surface area contributed by atoms with Crippen molar-refractivity contribution in [3.8, 4) is 5.75 Å². The maximum atomic E-state index is 11.5. The highest BCUT2D eigenvalue weighted by atomic mass is 16.5. The van der Waals surface area contributed by atoms with Gasteiger partial charge in [-0.3, -0.25) is 4.79 Å². The first-order valence-electron chi connectivity index (χ1n) is 4.92. The van der Waals surface area contributed by atoms with Crippen LogP contribution in [0.2, 0.25) is 0 Å². The monoisotopic (exact) mass is 234 g/mol. The minimum Gasteiger partial charge on any atom is -0.497 e. The SMILES string of the molecule is COc1ccc2cc(CC(=O)O)c(=O)oc2c1. The summed E-state index contributed by atoms with van der Waals surface area (Å²) in [5, 5.41) is 9.31. The molecule has 1 heterocycles. The molecule has 2 aromatic rings. The van der Waals surface area contributed by atoms with E-state index in [1.54, 1.807) is 18.2 Å². The molecule has 1 aromatic heterocycles. The lowest BCUT2D eigenvalue weighted by Gasteiger charge is -2.02. The van der Waals surface area contributed by atoms with Gasteiger partial charge in [-0.25, -0.2) is 4.79 Å². The van der Waals surface area contributed by atoms with Gasteiger partial charge in [0.2, 0.25) is 0 Å². The normalized spacial score (nSPS) is 10.4. The van der Waals surface area contributed by atoms with Crippen LogP contribution in [0.15, 0.2) is 33.5 Å². The van der Waals surface area contributed by atoms with Crippen molar-refractivity contribution >= 4 is 16.9 Å². The average molecular weight is 234 g/mol. The second-order valence-corrected chi connectivity index (χ2v) is 3.53.